The lowest BCUT2D eigenvalue weighted by Crippen LogP contribution is -2.41. The third kappa shape index (κ3) is 4.77. The Morgan fingerprint density at radius 2 is 2.30 bits per heavy atom. The smallest absolute Gasteiger partial charge is 0.128 e. The number of hydrogen-bond acceptors (Lipinski definition) is 5. The van der Waals surface area contributed by atoms with Crippen molar-refractivity contribution in [1.82, 2.24) is 10.3 Å². The number of hydrogen-bond donors (Lipinski definition) is 1. The molecule has 23 heavy (non-hydrogen) atoms. The molecule has 124 valence electrons. The molecular weight excluding hydrogens is 306 g/mol. The van der Waals surface area contributed by atoms with E-state index in [1.807, 2.05) is 6.20 Å². The van der Waals surface area contributed by atoms with Crippen molar-refractivity contribution in [2.45, 2.75) is 39.0 Å². The van der Waals surface area contributed by atoms with Crippen LogP contribution in [-0.2, 0) is 17.7 Å². The van der Waals surface area contributed by atoms with Crippen LogP contribution in [0.4, 0.5) is 5.82 Å². The fraction of sp³-hybridized carbons (Fsp3) is 0.500. The second kappa shape index (κ2) is 7.90. The molecule has 0 spiro atoms. The first-order valence-corrected chi connectivity index (χ1v) is 9.21. The van der Waals surface area contributed by atoms with Crippen LogP contribution in [0.2, 0.25) is 0 Å². The van der Waals surface area contributed by atoms with Gasteiger partial charge in [-0.25, -0.2) is 4.98 Å². The molecule has 5 heteroatoms. The van der Waals surface area contributed by atoms with Crippen molar-refractivity contribution in [3.63, 3.8) is 0 Å². The van der Waals surface area contributed by atoms with E-state index in [-0.39, 0.29) is 6.10 Å². The van der Waals surface area contributed by atoms with Crippen LogP contribution in [0.5, 0.6) is 0 Å². The number of nitrogens with zero attached hydrogens (tertiary/aromatic N) is 2. The summed E-state index contributed by atoms with van der Waals surface area (Å²) >= 11 is 1.76. The van der Waals surface area contributed by atoms with Gasteiger partial charge in [0.15, 0.2) is 0 Å². The van der Waals surface area contributed by atoms with Gasteiger partial charge in [0, 0.05) is 31.9 Å². The minimum absolute atomic E-state index is 0.282. The molecule has 0 amide bonds. The molecule has 2 atom stereocenters. The molecule has 0 unspecified atom stereocenters. The van der Waals surface area contributed by atoms with Gasteiger partial charge in [-0.05, 0) is 54.3 Å². The fourth-order valence-corrected chi connectivity index (χ4v) is 3.54. The molecule has 3 rings (SSSR count). The zero-order valence-corrected chi connectivity index (χ0v) is 14.7. The SMILES string of the molecule is C[C@@H]1CN(c2ccc(CN[C@@H](C)Cc3ccsc3)cn2)CCO1. The van der Waals surface area contributed by atoms with Crippen molar-refractivity contribution >= 4 is 17.2 Å². The standard InChI is InChI=1S/C18H25N3OS/c1-14(9-16-5-8-23-13-16)19-10-17-3-4-18(20-11-17)21-6-7-22-15(2)12-21/h3-5,8,11,13-15,19H,6-7,9-10,12H2,1-2H3/t14-,15+/m0/s1. The van der Waals surface area contributed by atoms with Gasteiger partial charge in [-0.3, -0.25) is 0 Å². The first kappa shape index (κ1) is 16.4. The van der Waals surface area contributed by atoms with Crippen molar-refractivity contribution < 1.29 is 4.74 Å². The molecule has 4 nitrogen and oxygen atoms in total. The van der Waals surface area contributed by atoms with Crippen LogP contribution in [0.1, 0.15) is 25.0 Å². The molecule has 1 saturated heterocycles. The Morgan fingerprint density at radius 3 is 3.00 bits per heavy atom. The van der Waals surface area contributed by atoms with E-state index in [0.717, 1.165) is 38.5 Å². The number of aromatic nitrogens is 1. The van der Waals surface area contributed by atoms with Crippen LogP contribution in [0.3, 0.4) is 0 Å². The van der Waals surface area contributed by atoms with E-state index in [2.05, 4.69) is 58.0 Å². The molecule has 2 aromatic rings. The molecule has 0 saturated carbocycles. The minimum atomic E-state index is 0.282. The van der Waals surface area contributed by atoms with Crippen molar-refractivity contribution in [2.75, 3.05) is 24.6 Å². The van der Waals surface area contributed by atoms with Gasteiger partial charge >= 0.3 is 0 Å². The summed E-state index contributed by atoms with van der Waals surface area (Å²) in [6, 6.07) is 6.96. The second-order valence-electron chi connectivity index (χ2n) is 6.27. The van der Waals surface area contributed by atoms with E-state index in [0.29, 0.717) is 6.04 Å². The number of rotatable bonds is 6. The van der Waals surface area contributed by atoms with Crippen molar-refractivity contribution in [2.24, 2.45) is 0 Å². The number of thiophene rings is 1. The zero-order chi connectivity index (χ0) is 16.1. The van der Waals surface area contributed by atoms with Crippen molar-refractivity contribution in [3.8, 4) is 0 Å². The summed E-state index contributed by atoms with van der Waals surface area (Å²) in [5.74, 6) is 1.05. The zero-order valence-electron chi connectivity index (χ0n) is 13.9. The molecule has 0 aromatic carbocycles. The number of anilines is 1. The predicted octanol–water partition coefficient (Wildman–Crippen LogP) is 3.09. The van der Waals surface area contributed by atoms with Gasteiger partial charge in [0.05, 0.1) is 12.7 Å². The highest BCUT2D eigenvalue weighted by Crippen LogP contribution is 2.15. The molecule has 0 radical (unpaired) electrons. The van der Waals surface area contributed by atoms with E-state index in [9.17, 15) is 0 Å². The van der Waals surface area contributed by atoms with E-state index >= 15 is 0 Å². The van der Waals surface area contributed by atoms with Crippen LogP contribution in [0.25, 0.3) is 0 Å². The van der Waals surface area contributed by atoms with E-state index in [4.69, 9.17) is 4.74 Å². The normalized spacial score (nSPS) is 19.7. The van der Waals surface area contributed by atoms with E-state index in [1.165, 1.54) is 11.1 Å². The average molecular weight is 331 g/mol. The summed E-state index contributed by atoms with van der Waals surface area (Å²) in [4.78, 5) is 6.92. The second-order valence-corrected chi connectivity index (χ2v) is 7.05. The van der Waals surface area contributed by atoms with Crippen molar-refractivity contribution in [1.29, 1.82) is 0 Å². The number of morpholine rings is 1. The van der Waals surface area contributed by atoms with E-state index in [1.54, 1.807) is 11.3 Å². The van der Waals surface area contributed by atoms with Gasteiger partial charge in [-0.15, -0.1) is 0 Å². The maximum atomic E-state index is 5.58. The molecule has 1 N–H and O–H groups in total. The van der Waals surface area contributed by atoms with Gasteiger partial charge < -0.3 is 15.0 Å². The highest BCUT2D eigenvalue weighted by molar-refractivity contribution is 7.07. The summed E-state index contributed by atoms with van der Waals surface area (Å²) in [6.07, 6.45) is 3.34. The summed E-state index contributed by atoms with van der Waals surface area (Å²) in [7, 11) is 0. The lowest BCUT2D eigenvalue weighted by Gasteiger charge is -2.32. The Bertz CT molecular complexity index is 585. The van der Waals surface area contributed by atoms with Gasteiger partial charge in [-0.1, -0.05) is 6.07 Å². The average Bonchev–Trinajstić information content (AvgIpc) is 3.06. The summed E-state index contributed by atoms with van der Waals surface area (Å²) in [6.45, 7) is 7.83. The summed E-state index contributed by atoms with van der Waals surface area (Å²) in [5.41, 5.74) is 2.64. The lowest BCUT2D eigenvalue weighted by atomic mass is 10.1. The molecule has 1 aliphatic rings. The van der Waals surface area contributed by atoms with Crippen LogP contribution >= 0.6 is 11.3 Å². The molecule has 0 bridgehead atoms. The lowest BCUT2D eigenvalue weighted by molar-refractivity contribution is 0.0529. The molecule has 2 aromatic heterocycles. The Balaban J connectivity index is 1.49. The molecule has 0 aliphatic carbocycles. The highest BCUT2D eigenvalue weighted by Gasteiger charge is 2.17. The Kier molecular flexibility index (Phi) is 5.65. The monoisotopic (exact) mass is 331 g/mol. The first-order chi connectivity index (χ1) is 11.2. The van der Waals surface area contributed by atoms with Crippen LogP contribution in [0, 0.1) is 0 Å². The predicted molar refractivity (Wildman–Crippen MR) is 96.2 cm³/mol. The largest absolute Gasteiger partial charge is 0.375 e. The molecule has 1 fully saturated rings. The molecular formula is C18H25N3OS. The van der Waals surface area contributed by atoms with Gasteiger partial charge in [0.25, 0.3) is 0 Å². The van der Waals surface area contributed by atoms with Crippen LogP contribution in [-0.4, -0.2) is 36.8 Å². The minimum Gasteiger partial charge on any atom is -0.375 e. The topological polar surface area (TPSA) is 37.4 Å². The Labute approximate surface area is 142 Å². The van der Waals surface area contributed by atoms with Gasteiger partial charge in [-0.2, -0.15) is 11.3 Å². The fourth-order valence-electron chi connectivity index (χ4n) is 2.86. The summed E-state index contributed by atoms with van der Waals surface area (Å²) in [5, 5.41) is 7.93. The third-order valence-electron chi connectivity index (χ3n) is 4.15. The molecule has 1 aliphatic heterocycles. The number of ether oxygens (including phenoxy) is 1. The maximum absolute atomic E-state index is 5.58. The Hall–Kier alpha value is -1.43. The van der Waals surface area contributed by atoms with E-state index < -0.39 is 0 Å². The van der Waals surface area contributed by atoms with Gasteiger partial charge in [0.2, 0.25) is 0 Å². The van der Waals surface area contributed by atoms with Gasteiger partial charge in [0.1, 0.15) is 5.82 Å². The van der Waals surface area contributed by atoms with Crippen LogP contribution in [0.15, 0.2) is 35.2 Å². The quantitative estimate of drug-likeness (QED) is 0.883. The van der Waals surface area contributed by atoms with Crippen molar-refractivity contribution in [3.05, 3.63) is 46.3 Å². The number of pyridine rings is 1. The third-order valence-corrected chi connectivity index (χ3v) is 4.88. The highest BCUT2D eigenvalue weighted by atomic mass is 32.1. The first-order valence-electron chi connectivity index (χ1n) is 8.26. The summed E-state index contributed by atoms with van der Waals surface area (Å²) < 4.78 is 5.58. The maximum Gasteiger partial charge on any atom is 0.128 e. The Morgan fingerprint density at radius 1 is 1.39 bits per heavy atom. The van der Waals surface area contributed by atoms with Crippen LogP contribution < -0.4 is 10.2 Å². The molecule has 3 heterocycles. The number of nitrogens with one attached hydrogen (secondary N) is 1.